The predicted octanol–water partition coefficient (Wildman–Crippen LogP) is 0.396. The van der Waals surface area contributed by atoms with Gasteiger partial charge in [0.25, 0.3) is 0 Å². The summed E-state index contributed by atoms with van der Waals surface area (Å²) in [5.74, 6) is 0. The van der Waals surface area contributed by atoms with Gasteiger partial charge in [-0.3, -0.25) is 5.32 Å². The summed E-state index contributed by atoms with van der Waals surface area (Å²) in [6.07, 6.45) is 0.913. The lowest BCUT2D eigenvalue weighted by Gasteiger charge is -2.28. The van der Waals surface area contributed by atoms with Crippen LogP contribution in [0.2, 0.25) is 13.1 Å². The van der Waals surface area contributed by atoms with Gasteiger partial charge < -0.3 is 10.5 Å². The highest BCUT2D eigenvalue weighted by Crippen LogP contribution is 2.07. The highest BCUT2D eigenvalue weighted by Gasteiger charge is 2.28. The van der Waals surface area contributed by atoms with E-state index in [-0.39, 0.29) is 11.8 Å². The van der Waals surface area contributed by atoms with Crippen molar-refractivity contribution in [3.63, 3.8) is 0 Å². The fourth-order valence-corrected chi connectivity index (χ4v) is 2.81. The number of rotatable bonds is 4. The van der Waals surface area contributed by atoms with Gasteiger partial charge in [0.05, 0.1) is 6.17 Å². The van der Waals surface area contributed by atoms with Gasteiger partial charge in [-0.05, 0) is 26.4 Å². The summed E-state index contributed by atoms with van der Waals surface area (Å²) in [6.45, 7) is 7.81. The lowest BCUT2D eigenvalue weighted by atomic mass is 10.4. The van der Waals surface area contributed by atoms with E-state index in [1.165, 1.54) is 0 Å². The molecule has 0 radical (unpaired) electrons. The van der Waals surface area contributed by atoms with Crippen LogP contribution < -0.4 is 11.1 Å². The minimum absolute atomic E-state index is 0.0288. The van der Waals surface area contributed by atoms with Crippen LogP contribution in [0.1, 0.15) is 20.3 Å². The SMILES string of the molecule is CCC(NC(C)N)[Si](C)(C)O. The zero-order valence-electron chi connectivity index (χ0n) is 7.89. The molecule has 0 saturated heterocycles. The van der Waals surface area contributed by atoms with Crippen LogP contribution in [0, 0.1) is 0 Å². The second-order valence-corrected chi connectivity index (χ2v) is 7.57. The molecule has 3 nitrogen and oxygen atoms in total. The van der Waals surface area contributed by atoms with E-state index in [9.17, 15) is 4.80 Å². The van der Waals surface area contributed by atoms with Crippen LogP contribution in [0.5, 0.6) is 0 Å². The largest absolute Gasteiger partial charge is 0.431 e. The van der Waals surface area contributed by atoms with Crippen LogP contribution in [0.15, 0.2) is 0 Å². The molecule has 4 heteroatoms. The highest BCUT2D eigenvalue weighted by atomic mass is 28.4. The van der Waals surface area contributed by atoms with E-state index in [0.717, 1.165) is 6.42 Å². The molecule has 0 spiro atoms. The fourth-order valence-electron chi connectivity index (χ4n) is 1.14. The minimum atomic E-state index is -2.04. The second kappa shape index (κ2) is 4.20. The average Bonchev–Trinajstić information content (AvgIpc) is 1.79. The molecular weight excluding hydrogens is 156 g/mol. The first kappa shape index (κ1) is 11.1. The molecule has 0 aromatic carbocycles. The molecule has 4 N–H and O–H groups in total. The smallest absolute Gasteiger partial charge is 0.199 e. The summed E-state index contributed by atoms with van der Waals surface area (Å²) in [4.78, 5) is 9.75. The summed E-state index contributed by atoms with van der Waals surface area (Å²) in [7, 11) is -2.04. The molecule has 0 fully saturated rings. The molecule has 0 rings (SSSR count). The maximum atomic E-state index is 9.75. The Morgan fingerprint density at radius 1 is 1.55 bits per heavy atom. The third kappa shape index (κ3) is 4.52. The van der Waals surface area contributed by atoms with Crippen LogP contribution in [-0.2, 0) is 0 Å². The molecule has 2 unspecified atom stereocenters. The Kier molecular flexibility index (Phi) is 4.24. The van der Waals surface area contributed by atoms with Crippen molar-refractivity contribution in [3.05, 3.63) is 0 Å². The van der Waals surface area contributed by atoms with Crippen molar-refractivity contribution in [2.24, 2.45) is 5.73 Å². The van der Waals surface area contributed by atoms with Crippen molar-refractivity contribution >= 4 is 8.32 Å². The fraction of sp³-hybridized carbons (Fsp3) is 1.00. The lowest BCUT2D eigenvalue weighted by molar-refractivity contribution is 0.447. The van der Waals surface area contributed by atoms with Crippen LogP contribution in [-0.4, -0.2) is 24.9 Å². The Labute approximate surface area is 70.1 Å². The summed E-state index contributed by atoms with van der Waals surface area (Å²) in [6, 6.07) is 0. The van der Waals surface area contributed by atoms with E-state index >= 15 is 0 Å². The number of nitrogens with two attached hydrogens (primary N) is 1. The molecule has 11 heavy (non-hydrogen) atoms. The monoisotopic (exact) mass is 176 g/mol. The third-order valence-electron chi connectivity index (χ3n) is 1.73. The predicted molar refractivity (Wildman–Crippen MR) is 50.6 cm³/mol. The summed E-state index contributed by atoms with van der Waals surface area (Å²) >= 11 is 0. The van der Waals surface area contributed by atoms with Crippen molar-refractivity contribution in [2.45, 2.75) is 45.2 Å². The van der Waals surface area contributed by atoms with Gasteiger partial charge in [0.1, 0.15) is 0 Å². The molecule has 0 aliphatic rings. The van der Waals surface area contributed by atoms with Crippen LogP contribution in [0.3, 0.4) is 0 Å². The maximum absolute atomic E-state index is 9.75. The zero-order chi connectivity index (χ0) is 9.07. The maximum Gasteiger partial charge on any atom is 0.199 e. The number of nitrogens with one attached hydrogen (secondary N) is 1. The third-order valence-corrected chi connectivity index (χ3v) is 4.01. The van der Waals surface area contributed by atoms with Crippen molar-refractivity contribution < 1.29 is 4.80 Å². The number of hydrogen-bond acceptors (Lipinski definition) is 3. The van der Waals surface area contributed by atoms with Crippen LogP contribution in [0.25, 0.3) is 0 Å². The molecule has 0 aliphatic carbocycles. The molecule has 0 heterocycles. The Bertz CT molecular complexity index is 111. The highest BCUT2D eigenvalue weighted by molar-refractivity contribution is 6.71. The summed E-state index contributed by atoms with van der Waals surface area (Å²) in [5.41, 5.74) is 5.78. The molecule has 0 aromatic heterocycles. The Morgan fingerprint density at radius 2 is 2.00 bits per heavy atom. The summed E-state index contributed by atoms with van der Waals surface area (Å²) in [5, 5.41) is 3.16. The summed E-state index contributed by atoms with van der Waals surface area (Å²) < 4.78 is 0. The van der Waals surface area contributed by atoms with E-state index in [2.05, 4.69) is 12.2 Å². The van der Waals surface area contributed by atoms with Gasteiger partial charge in [0.2, 0.25) is 0 Å². The first-order valence-electron chi connectivity index (χ1n) is 4.12. The van der Waals surface area contributed by atoms with E-state index in [4.69, 9.17) is 5.73 Å². The number of hydrogen-bond donors (Lipinski definition) is 3. The molecule has 68 valence electrons. The van der Waals surface area contributed by atoms with Crippen LogP contribution in [0.4, 0.5) is 0 Å². The molecule has 0 bridgehead atoms. The Morgan fingerprint density at radius 3 is 2.09 bits per heavy atom. The second-order valence-electron chi connectivity index (χ2n) is 3.57. The van der Waals surface area contributed by atoms with E-state index in [1.54, 1.807) is 0 Å². The van der Waals surface area contributed by atoms with Gasteiger partial charge in [0, 0.05) is 5.67 Å². The van der Waals surface area contributed by atoms with Gasteiger partial charge in [-0.2, -0.15) is 0 Å². The van der Waals surface area contributed by atoms with Gasteiger partial charge in [0.15, 0.2) is 8.32 Å². The molecule has 0 amide bonds. The minimum Gasteiger partial charge on any atom is -0.431 e. The topological polar surface area (TPSA) is 58.3 Å². The van der Waals surface area contributed by atoms with Gasteiger partial charge in [-0.25, -0.2) is 0 Å². The zero-order valence-corrected chi connectivity index (χ0v) is 8.89. The van der Waals surface area contributed by atoms with Crippen LogP contribution >= 0.6 is 0 Å². The average molecular weight is 176 g/mol. The van der Waals surface area contributed by atoms with Crippen molar-refractivity contribution in [1.29, 1.82) is 0 Å². The molecule has 2 atom stereocenters. The standard InChI is InChI=1S/C7H20N2OSi/c1-5-7(9-6(2)8)11(3,4)10/h6-7,9-10H,5,8H2,1-4H3. The van der Waals surface area contributed by atoms with Crippen molar-refractivity contribution in [3.8, 4) is 0 Å². The molecule has 0 aromatic rings. The van der Waals surface area contributed by atoms with Crippen molar-refractivity contribution in [2.75, 3.05) is 0 Å². The Balaban J connectivity index is 3.96. The quantitative estimate of drug-likeness (QED) is 0.429. The van der Waals surface area contributed by atoms with Crippen molar-refractivity contribution in [1.82, 2.24) is 5.32 Å². The van der Waals surface area contributed by atoms with Gasteiger partial charge >= 0.3 is 0 Å². The first-order chi connectivity index (χ1) is 4.88. The first-order valence-corrected chi connectivity index (χ1v) is 7.14. The molecule has 0 saturated carbocycles. The Hall–Kier alpha value is 0.0969. The van der Waals surface area contributed by atoms with E-state index < -0.39 is 8.32 Å². The van der Waals surface area contributed by atoms with Gasteiger partial charge in [-0.15, -0.1) is 0 Å². The lowest BCUT2D eigenvalue weighted by Crippen LogP contribution is -2.55. The van der Waals surface area contributed by atoms with Gasteiger partial charge in [-0.1, -0.05) is 6.92 Å². The molecule has 0 aliphatic heterocycles. The van der Waals surface area contributed by atoms with E-state index in [1.807, 2.05) is 20.0 Å². The normalized spacial score (nSPS) is 18.0. The molecular formula is C7H20N2OSi. The van der Waals surface area contributed by atoms with E-state index in [0.29, 0.717) is 0 Å².